The average Bonchev–Trinajstić information content (AvgIpc) is 2.28. The highest BCUT2D eigenvalue weighted by molar-refractivity contribution is 5.70. The second-order valence-corrected chi connectivity index (χ2v) is 2.92. The van der Waals surface area contributed by atoms with Crippen LogP contribution < -0.4 is 5.32 Å². The Labute approximate surface area is 88.2 Å². The van der Waals surface area contributed by atoms with E-state index >= 15 is 0 Å². The Balaban J connectivity index is 2.16. The molecule has 0 unspecified atom stereocenters. The van der Waals surface area contributed by atoms with E-state index in [1.807, 2.05) is 30.3 Å². The summed E-state index contributed by atoms with van der Waals surface area (Å²) in [5.74, 6) is 0. The van der Waals surface area contributed by atoms with Gasteiger partial charge < -0.3 is 14.8 Å². The van der Waals surface area contributed by atoms with Gasteiger partial charge in [0.05, 0.1) is 13.2 Å². The van der Waals surface area contributed by atoms with Crippen LogP contribution in [0.15, 0.2) is 30.3 Å². The molecule has 1 N–H and O–H groups in total. The van der Waals surface area contributed by atoms with Gasteiger partial charge >= 0.3 is 6.09 Å². The largest absolute Gasteiger partial charge is 0.449 e. The monoisotopic (exact) mass is 207 g/mol. The van der Waals surface area contributed by atoms with Gasteiger partial charge in [0.1, 0.15) is 6.29 Å². The molecular formula is C11H13NO3. The van der Waals surface area contributed by atoms with Crippen LogP contribution in [-0.2, 0) is 16.0 Å². The van der Waals surface area contributed by atoms with Crippen molar-refractivity contribution in [2.24, 2.45) is 0 Å². The Kier molecular flexibility index (Phi) is 4.94. The molecule has 0 saturated heterocycles. The zero-order valence-electron chi connectivity index (χ0n) is 8.31. The number of hydrogen-bond donors (Lipinski definition) is 1. The fourth-order valence-corrected chi connectivity index (χ4v) is 1.08. The first-order valence-corrected chi connectivity index (χ1v) is 4.71. The molecule has 0 heterocycles. The molecule has 1 amide bonds. The summed E-state index contributed by atoms with van der Waals surface area (Å²) >= 11 is 0. The van der Waals surface area contributed by atoms with Crippen molar-refractivity contribution in [3.63, 3.8) is 0 Å². The molecule has 1 aromatic rings. The van der Waals surface area contributed by atoms with E-state index in [9.17, 15) is 9.59 Å². The molecule has 0 aromatic heterocycles. The first-order valence-electron chi connectivity index (χ1n) is 4.71. The maximum Gasteiger partial charge on any atom is 0.407 e. The maximum absolute atomic E-state index is 10.9. The van der Waals surface area contributed by atoms with Gasteiger partial charge in [0.15, 0.2) is 0 Å². The van der Waals surface area contributed by atoms with Crippen molar-refractivity contribution in [2.45, 2.75) is 6.42 Å². The average molecular weight is 207 g/mol. The van der Waals surface area contributed by atoms with Crippen LogP contribution in [0.25, 0.3) is 0 Å². The molecule has 0 saturated carbocycles. The van der Waals surface area contributed by atoms with Crippen molar-refractivity contribution >= 4 is 12.4 Å². The van der Waals surface area contributed by atoms with Crippen molar-refractivity contribution in [2.75, 3.05) is 13.2 Å². The molecule has 0 bridgehead atoms. The lowest BCUT2D eigenvalue weighted by atomic mass is 10.2. The number of carbonyl (C=O) groups excluding carboxylic acids is 2. The molecule has 0 spiro atoms. The normalized spacial score (nSPS) is 9.33. The zero-order valence-corrected chi connectivity index (χ0v) is 8.31. The molecule has 80 valence electrons. The van der Waals surface area contributed by atoms with E-state index in [-0.39, 0.29) is 6.54 Å². The first-order chi connectivity index (χ1) is 7.33. The summed E-state index contributed by atoms with van der Waals surface area (Å²) < 4.78 is 4.84. The molecule has 0 aliphatic rings. The van der Waals surface area contributed by atoms with Crippen LogP contribution >= 0.6 is 0 Å². The summed E-state index contributed by atoms with van der Waals surface area (Å²) in [7, 11) is 0. The van der Waals surface area contributed by atoms with Crippen molar-refractivity contribution in [3.8, 4) is 0 Å². The van der Waals surface area contributed by atoms with E-state index in [0.29, 0.717) is 19.3 Å². The zero-order chi connectivity index (χ0) is 10.9. The smallest absolute Gasteiger partial charge is 0.407 e. The molecular weight excluding hydrogens is 194 g/mol. The molecule has 1 rings (SSSR count). The minimum absolute atomic E-state index is 0.00975. The van der Waals surface area contributed by atoms with E-state index < -0.39 is 6.09 Å². The Hall–Kier alpha value is -1.84. The summed E-state index contributed by atoms with van der Waals surface area (Å²) in [4.78, 5) is 20.8. The molecule has 0 atom stereocenters. The number of hydrogen-bond acceptors (Lipinski definition) is 3. The predicted molar refractivity (Wildman–Crippen MR) is 55.6 cm³/mol. The fourth-order valence-electron chi connectivity index (χ4n) is 1.08. The number of carbonyl (C=O) groups is 2. The second kappa shape index (κ2) is 6.59. The number of nitrogens with one attached hydrogen (secondary N) is 1. The van der Waals surface area contributed by atoms with Gasteiger partial charge in [-0.15, -0.1) is 0 Å². The lowest BCUT2D eigenvalue weighted by Gasteiger charge is -2.04. The van der Waals surface area contributed by atoms with E-state index in [1.54, 1.807) is 0 Å². The van der Waals surface area contributed by atoms with E-state index in [4.69, 9.17) is 4.74 Å². The predicted octanol–water partition coefficient (Wildman–Crippen LogP) is 1.15. The number of amides is 1. The third kappa shape index (κ3) is 4.81. The highest BCUT2D eigenvalue weighted by Crippen LogP contribution is 1.99. The molecule has 1 aromatic carbocycles. The SMILES string of the molecule is O=CCNC(=O)OCCc1ccccc1. The summed E-state index contributed by atoms with van der Waals surface area (Å²) in [5, 5.41) is 2.29. The maximum atomic E-state index is 10.9. The molecule has 0 aliphatic carbocycles. The van der Waals surface area contributed by atoms with Crippen LogP contribution in [0.5, 0.6) is 0 Å². The third-order valence-electron chi connectivity index (χ3n) is 1.80. The van der Waals surface area contributed by atoms with Gasteiger partial charge in [-0.1, -0.05) is 30.3 Å². The van der Waals surface area contributed by atoms with Crippen LogP contribution in [0.1, 0.15) is 5.56 Å². The number of alkyl carbamates (subject to hydrolysis) is 1. The highest BCUT2D eigenvalue weighted by atomic mass is 16.5. The summed E-state index contributed by atoms with van der Waals surface area (Å²) in [6.07, 6.45) is 0.728. The van der Waals surface area contributed by atoms with Gasteiger partial charge in [-0.05, 0) is 5.56 Å². The van der Waals surface area contributed by atoms with E-state index in [2.05, 4.69) is 5.32 Å². The lowest BCUT2D eigenvalue weighted by Crippen LogP contribution is -2.26. The van der Waals surface area contributed by atoms with Gasteiger partial charge in [0, 0.05) is 6.42 Å². The minimum atomic E-state index is -0.557. The Morgan fingerprint density at radius 2 is 2.07 bits per heavy atom. The summed E-state index contributed by atoms with van der Waals surface area (Å²) in [6, 6.07) is 9.73. The molecule has 4 nitrogen and oxygen atoms in total. The summed E-state index contributed by atoms with van der Waals surface area (Å²) in [6.45, 7) is 0.304. The second-order valence-electron chi connectivity index (χ2n) is 2.92. The standard InChI is InChI=1S/C11H13NO3/c13-8-7-12-11(14)15-9-6-10-4-2-1-3-5-10/h1-5,8H,6-7,9H2,(H,12,14). The van der Waals surface area contributed by atoms with Crippen LogP contribution in [0, 0.1) is 0 Å². The molecule has 4 heteroatoms. The van der Waals surface area contributed by atoms with Gasteiger partial charge in [-0.2, -0.15) is 0 Å². The lowest BCUT2D eigenvalue weighted by molar-refractivity contribution is -0.107. The van der Waals surface area contributed by atoms with Crippen LogP contribution in [-0.4, -0.2) is 25.5 Å². The Bertz CT molecular complexity index is 311. The van der Waals surface area contributed by atoms with Crippen molar-refractivity contribution in [1.82, 2.24) is 5.32 Å². The number of ether oxygens (including phenoxy) is 1. The van der Waals surface area contributed by atoms with Crippen molar-refractivity contribution < 1.29 is 14.3 Å². The molecule has 0 radical (unpaired) electrons. The number of rotatable bonds is 5. The van der Waals surface area contributed by atoms with Crippen molar-refractivity contribution in [1.29, 1.82) is 0 Å². The Morgan fingerprint density at radius 1 is 1.33 bits per heavy atom. The van der Waals surface area contributed by atoms with Crippen LogP contribution in [0.3, 0.4) is 0 Å². The number of benzene rings is 1. The van der Waals surface area contributed by atoms with Gasteiger partial charge in [-0.25, -0.2) is 4.79 Å². The first kappa shape index (κ1) is 11.2. The molecule has 15 heavy (non-hydrogen) atoms. The van der Waals surface area contributed by atoms with Crippen LogP contribution in [0.2, 0.25) is 0 Å². The fraction of sp³-hybridized carbons (Fsp3) is 0.273. The number of aldehydes is 1. The van der Waals surface area contributed by atoms with E-state index in [0.717, 1.165) is 5.56 Å². The van der Waals surface area contributed by atoms with Gasteiger partial charge in [-0.3, -0.25) is 0 Å². The molecule has 0 aliphatic heterocycles. The summed E-state index contributed by atoms with van der Waals surface area (Å²) in [5.41, 5.74) is 1.11. The van der Waals surface area contributed by atoms with Gasteiger partial charge in [0.2, 0.25) is 0 Å². The highest BCUT2D eigenvalue weighted by Gasteiger charge is 1.99. The quantitative estimate of drug-likeness (QED) is 0.737. The van der Waals surface area contributed by atoms with Crippen LogP contribution in [0.4, 0.5) is 4.79 Å². The molecule has 0 fully saturated rings. The topological polar surface area (TPSA) is 55.4 Å². The van der Waals surface area contributed by atoms with E-state index in [1.165, 1.54) is 0 Å². The van der Waals surface area contributed by atoms with Gasteiger partial charge in [0.25, 0.3) is 0 Å². The van der Waals surface area contributed by atoms with Crippen molar-refractivity contribution in [3.05, 3.63) is 35.9 Å². The Morgan fingerprint density at radius 3 is 2.73 bits per heavy atom. The minimum Gasteiger partial charge on any atom is -0.449 e. The third-order valence-corrected chi connectivity index (χ3v) is 1.80.